The lowest BCUT2D eigenvalue weighted by Gasteiger charge is -2.26. The second-order valence-corrected chi connectivity index (χ2v) is 8.25. The van der Waals surface area contributed by atoms with E-state index < -0.39 is 0 Å². The van der Waals surface area contributed by atoms with Crippen molar-refractivity contribution in [2.75, 3.05) is 0 Å². The summed E-state index contributed by atoms with van der Waals surface area (Å²) in [5.41, 5.74) is 5.92. The van der Waals surface area contributed by atoms with E-state index in [1.165, 1.54) is 0 Å². The highest BCUT2D eigenvalue weighted by molar-refractivity contribution is 5.74. The molecule has 0 spiro atoms. The molecule has 0 aliphatic rings. The Morgan fingerprint density at radius 3 is 2.29 bits per heavy atom. The molecule has 1 aromatic heterocycles. The number of para-hydroxylation sites is 4. The van der Waals surface area contributed by atoms with Crippen molar-refractivity contribution in [1.82, 2.24) is 4.57 Å². The third-order valence-corrected chi connectivity index (χ3v) is 5.92. The number of aromatic hydroxyl groups is 1. The number of aromatic nitrogens is 2. The van der Waals surface area contributed by atoms with Crippen molar-refractivity contribution in [3.8, 4) is 22.6 Å². The summed E-state index contributed by atoms with van der Waals surface area (Å²) in [5, 5.41) is 10.3. The van der Waals surface area contributed by atoms with Gasteiger partial charge in [0.25, 0.3) is 0 Å². The van der Waals surface area contributed by atoms with Crippen LogP contribution < -0.4 is 4.57 Å². The van der Waals surface area contributed by atoms with Crippen LogP contribution in [0.3, 0.4) is 0 Å². The van der Waals surface area contributed by atoms with Crippen molar-refractivity contribution in [2.24, 2.45) is 0 Å². The van der Waals surface area contributed by atoms with Crippen LogP contribution in [0.15, 0.2) is 103 Å². The number of hydrogen-bond donors (Lipinski definition) is 1. The van der Waals surface area contributed by atoms with Crippen molar-refractivity contribution >= 4 is 11.0 Å². The number of benzene rings is 4. The molecule has 31 heavy (non-hydrogen) atoms. The molecule has 1 N–H and O–H groups in total. The van der Waals surface area contributed by atoms with Gasteiger partial charge in [-0.2, -0.15) is 0 Å². The summed E-state index contributed by atoms with van der Waals surface area (Å²) in [7, 11) is 0. The average molecular weight is 405 g/mol. The summed E-state index contributed by atoms with van der Waals surface area (Å²) in [5.74, 6) is 0.289. The average Bonchev–Trinajstić information content (AvgIpc) is 3.21. The zero-order valence-electron chi connectivity index (χ0n) is 17.7. The van der Waals surface area contributed by atoms with E-state index in [1.807, 2.05) is 42.5 Å². The molecule has 0 atom stereocenters. The number of fused-ring (bicyclic) bond motifs is 1. The van der Waals surface area contributed by atoms with E-state index in [-0.39, 0.29) is 11.3 Å². The minimum Gasteiger partial charge on any atom is -0.507 e. The second kappa shape index (κ2) is 7.44. The molecule has 0 bridgehead atoms. The molecule has 1 heterocycles. The number of hydrogen-bond acceptors (Lipinski definition) is 1. The SMILES string of the molecule is CC(C)(c1cccc(-c2ccccc2O)c1)[n+]1[c-]n(-c2ccccc2)c2ccccc21. The molecule has 0 aliphatic carbocycles. The molecule has 0 saturated carbocycles. The van der Waals surface area contributed by atoms with Crippen LogP contribution in [0.25, 0.3) is 27.8 Å². The van der Waals surface area contributed by atoms with E-state index in [2.05, 4.69) is 83.9 Å². The van der Waals surface area contributed by atoms with E-state index in [0.717, 1.165) is 33.4 Å². The molecule has 4 aromatic carbocycles. The molecule has 0 saturated heterocycles. The van der Waals surface area contributed by atoms with E-state index >= 15 is 0 Å². The third-order valence-electron chi connectivity index (χ3n) is 5.92. The Kier molecular flexibility index (Phi) is 4.59. The van der Waals surface area contributed by atoms with Gasteiger partial charge in [0.05, 0.1) is 16.7 Å². The van der Waals surface area contributed by atoms with Crippen LogP contribution in [0, 0.1) is 6.33 Å². The minimum absolute atomic E-state index is 0.289. The number of rotatable bonds is 4. The van der Waals surface area contributed by atoms with Gasteiger partial charge >= 0.3 is 0 Å². The quantitative estimate of drug-likeness (QED) is 0.294. The maximum Gasteiger partial charge on any atom is 0.245 e. The number of imidazole rings is 1. The Morgan fingerprint density at radius 2 is 1.48 bits per heavy atom. The molecule has 0 radical (unpaired) electrons. The lowest BCUT2D eigenvalue weighted by Crippen LogP contribution is -2.52. The normalized spacial score (nSPS) is 11.7. The second-order valence-electron chi connectivity index (χ2n) is 8.25. The van der Waals surface area contributed by atoms with Gasteiger partial charge in [0.15, 0.2) is 0 Å². The molecule has 0 fully saturated rings. The van der Waals surface area contributed by atoms with Crippen molar-refractivity contribution in [1.29, 1.82) is 0 Å². The van der Waals surface area contributed by atoms with Gasteiger partial charge in [-0.25, -0.2) is 0 Å². The van der Waals surface area contributed by atoms with Crippen LogP contribution in [0.1, 0.15) is 19.4 Å². The summed E-state index contributed by atoms with van der Waals surface area (Å²) < 4.78 is 4.32. The largest absolute Gasteiger partial charge is 0.507 e. The Balaban J connectivity index is 1.67. The van der Waals surface area contributed by atoms with Crippen LogP contribution in [0.2, 0.25) is 0 Å². The number of phenols is 1. The van der Waals surface area contributed by atoms with Crippen LogP contribution >= 0.6 is 0 Å². The summed E-state index contributed by atoms with van der Waals surface area (Å²) >= 11 is 0. The highest BCUT2D eigenvalue weighted by atomic mass is 16.3. The number of nitrogens with zero attached hydrogens (tertiary/aromatic N) is 2. The molecule has 5 rings (SSSR count). The summed E-state index contributed by atoms with van der Waals surface area (Å²) in [6.45, 7) is 4.41. The fourth-order valence-corrected chi connectivity index (χ4v) is 4.16. The Labute approximate surface area is 182 Å². The molecule has 5 aromatic rings. The lowest BCUT2D eigenvalue weighted by molar-refractivity contribution is -0.727. The standard InChI is InChI=1S/C28H24N2O/c1-28(2,22-12-10-11-21(19-22)24-15-6-9-18-27(24)31)30-20-29(23-13-4-3-5-14-23)25-16-7-8-17-26(25)30/h3-19,31H,1-2H3. The lowest BCUT2D eigenvalue weighted by atomic mass is 9.90. The maximum atomic E-state index is 10.3. The first-order chi connectivity index (χ1) is 15.1. The van der Waals surface area contributed by atoms with E-state index in [1.54, 1.807) is 6.07 Å². The summed E-state index contributed by atoms with van der Waals surface area (Å²) in [6, 6.07) is 34.5. The van der Waals surface area contributed by atoms with Gasteiger partial charge in [0.1, 0.15) is 11.3 Å². The van der Waals surface area contributed by atoms with Crippen LogP contribution in [-0.4, -0.2) is 9.67 Å². The van der Waals surface area contributed by atoms with Crippen LogP contribution in [0.4, 0.5) is 0 Å². The van der Waals surface area contributed by atoms with E-state index in [4.69, 9.17) is 0 Å². The van der Waals surface area contributed by atoms with Gasteiger partial charge in [0, 0.05) is 5.56 Å². The first-order valence-electron chi connectivity index (χ1n) is 10.5. The van der Waals surface area contributed by atoms with Gasteiger partial charge in [-0.3, -0.25) is 0 Å². The molecule has 0 aliphatic heterocycles. The molecule has 3 nitrogen and oxygen atoms in total. The zero-order chi connectivity index (χ0) is 21.4. The van der Waals surface area contributed by atoms with E-state index in [0.29, 0.717) is 0 Å². The first-order valence-corrected chi connectivity index (χ1v) is 10.5. The Bertz CT molecular complexity index is 1370. The first kappa shape index (κ1) is 19.1. The van der Waals surface area contributed by atoms with Gasteiger partial charge in [-0.15, -0.1) is 0 Å². The van der Waals surface area contributed by atoms with Gasteiger partial charge in [-0.05, 0) is 37.1 Å². The van der Waals surface area contributed by atoms with Crippen LogP contribution in [0.5, 0.6) is 5.75 Å². The fraction of sp³-hybridized carbons (Fsp3) is 0.107. The highest BCUT2D eigenvalue weighted by Crippen LogP contribution is 2.32. The Morgan fingerprint density at radius 1 is 0.774 bits per heavy atom. The summed E-state index contributed by atoms with van der Waals surface area (Å²) in [4.78, 5) is 0. The summed E-state index contributed by atoms with van der Waals surface area (Å²) in [6.07, 6.45) is 3.60. The highest BCUT2D eigenvalue weighted by Gasteiger charge is 2.29. The molecular weight excluding hydrogens is 380 g/mol. The van der Waals surface area contributed by atoms with Crippen LogP contribution in [-0.2, 0) is 5.54 Å². The predicted molar refractivity (Wildman–Crippen MR) is 124 cm³/mol. The topological polar surface area (TPSA) is 29.0 Å². The minimum atomic E-state index is -0.361. The van der Waals surface area contributed by atoms with Gasteiger partial charge in [0.2, 0.25) is 6.33 Å². The van der Waals surface area contributed by atoms with Crippen molar-refractivity contribution in [2.45, 2.75) is 19.4 Å². The zero-order valence-corrected chi connectivity index (χ0v) is 17.7. The predicted octanol–water partition coefficient (Wildman–Crippen LogP) is 5.87. The van der Waals surface area contributed by atoms with Crippen molar-refractivity contribution in [3.63, 3.8) is 0 Å². The monoisotopic (exact) mass is 404 g/mol. The van der Waals surface area contributed by atoms with Crippen molar-refractivity contribution < 1.29 is 9.67 Å². The van der Waals surface area contributed by atoms with Gasteiger partial charge < -0.3 is 14.2 Å². The maximum absolute atomic E-state index is 10.3. The molecule has 0 amide bonds. The molecular formula is C28H24N2O. The third kappa shape index (κ3) is 3.28. The van der Waals surface area contributed by atoms with E-state index in [9.17, 15) is 5.11 Å². The molecule has 3 heteroatoms. The number of phenolic OH excluding ortho intramolecular Hbond substituents is 1. The molecule has 0 unspecified atom stereocenters. The Hall–Kier alpha value is -3.85. The fourth-order valence-electron chi connectivity index (χ4n) is 4.16. The smallest absolute Gasteiger partial charge is 0.245 e. The molecule has 152 valence electrons. The van der Waals surface area contributed by atoms with Gasteiger partial charge in [-0.1, -0.05) is 91.0 Å². The van der Waals surface area contributed by atoms with Crippen molar-refractivity contribution in [3.05, 3.63) is 115 Å².